The van der Waals surface area contributed by atoms with Crippen LogP contribution >= 0.6 is 11.3 Å². The van der Waals surface area contributed by atoms with Crippen molar-refractivity contribution in [2.75, 3.05) is 7.11 Å². The molecule has 1 aromatic heterocycles. The fraction of sp³-hybridized carbons (Fsp3) is 0.692. The second-order valence-corrected chi connectivity index (χ2v) is 5.89. The van der Waals surface area contributed by atoms with Crippen LogP contribution in [0.25, 0.3) is 0 Å². The highest BCUT2D eigenvalue weighted by molar-refractivity contribution is 7.10. The largest absolute Gasteiger partial charge is 0.496 e. The Morgan fingerprint density at radius 1 is 1.50 bits per heavy atom. The highest BCUT2D eigenvalue weighted by Gasteiger charge is 2.26. The average molecular weight is 239 g/mol. The molecule has 0 saturated heterocycles. The Kier molecular flexibility index (Phi) is 3.87. The molecule has 0 aromatic carbocycles. The molecule has 1 saturated carbocycles. The third-order valence-corrected chi connectivity index (χ3v) is 4.66. The number of ether oxygens (including phenoxy) is 1. The summed E-state index contributed by atoms with van der Waals surface area (Å²) in [5.41, 5.74) is 6.35. The predicted molar refractivity (Wildman–Crippen MR) is 68.9 cm³/mol. The van der Waals surface area contributed by atoms with Crippen molar-refractivity contribution in [1.29, 1.82) is 0 Å². The lowest BCUT2D eigenvalue weighted by Gasteiger charge is -2.30. The third-order valence-electron chi connectivity index (χ3n) is 3.64. The van der Waals surface area contributed by atoms with E-state index in [1.807, 2.05) is 5.38 Å². The van der Waals surface area contributed by atoms with Crippen molar-refractivity contribution in [1.82, 2.24) is 0 Å². The standard InChI is InChI=1S/C13H21NOS/c1-9-4-3-5-10(6-9)13(14)12-7-11(15-2)8-16-12/h7-10,13H,3-6,14H2,1-2H3. The summed E-state index contributed by atoms with van der Waals surface area (Å²) in [5, 5.41) is 2.04. The van der Waals surface area contributed by atoms with Crippen molar-refractivity contribution < 1.29 is 4.74 Å². The highest BCUT2D eigenvalue weighted by Crippen LogP contribution is 2.38. The van der Waals surface area contributed by atoms with Crippen LogP contribution in [0.3, 0.4) is 0 Å². The Labute approximate surface area is 102 Å². The molecule has 1 aromatic rings. The van der Waals surface area contributed by atoms with Gasteiger partial charge in [-0.3, -0.25) is 0 Å². The van der Waals surface area contributed by atoms with Crippen molar-refractivity contribution >= 4 is 11.3 Å². The number of nitrogens with two attached hydrogens (primary N) is 1. The van der Waals surface area contributed by atoms with Crippen LogP contribution in [0.5, 0.6) is 5.75 Å². The van der Waals surface area contributed by atoms with E-state index in [1.165, 1.54) is 30.6 Å². The van der Waals surface area contributed by atoms with Gasteiger partial charge in [-0.2, -0.15) is 0 Å². The number of hydrogen-bond acceptors (Lipinski definition) is 3. The van der Waals surface area contributed by atoms with Gasteiger partial charge < -0.3 is 10.5 Å². The van der Waals surface area contributed by atoms with E-state index in [-0.39, 0.29) is 6.04 Å². The van der Waals surface area contributed by atoms with Crippen LogP contribution in [0.15, 0.2) is 11.4 Å². The zero-order valence-electron chi connectivity index (χ0n) is 10.1. The maximum absolute atomic E-state index is 6.35. The predicted octanol–water partition coefficient (Wildman–Crippen LogP) is 3.58. The topological polar surface area (TPSA) is 35.2 Å². The van der Waals surface area contributed by atoms with E-state index in [2.05, 4.69) is 13.0 Å². The summed E-state index contributed by atoms with van der Waals surface area (Å²) < 4.78 is 5.21. The molecule has 3 unspecified atom stereocenters. The monoisotopic (exact) mass is 239 g/mol. The third kappa shape index (κ3) is 2.58. The maximum Gasteiger partial charge on any atom is 0.129 e. The summed E-state index contributed by atoms with van der Waals surface area (Å²) in [6.45, 7) is 2.34. The second-order valence-electron chi connectivity index (χ2n) is 4.95. The molecule has 1 heterocycles. The van der Waals surface area contributed by atoms with Gasteiger partial charge in [0.25, 0.3) is 0 Å². The normalized spacial score (nSPS) is 27.7. The molecule has 1 fully saturated rings. The summed E-state index contributed by atoms with van der Waals surface area (Å²) in [7, 11) is 1.71. The van der Waals surface area contributed by atoms with Gasteiger partial charge in [0.2, 0.25) is 0 Å². The molecular weight excluding hydrogens is 218 g/mol. The Balaban J connectivity index is 2.02. The number of rotatable bonds is 3. The fourth-order valence-electron chi connectivity index (χ4n) is 2.66. The molecule has 2 N–H and O–H groups in total. The summed E-state index contributed by atoms with van der Waals surface area (Å²) in [6, 6.07) is 2.30. The van der Waals surface area contributed by atoms with E-state index in [0.717, 1.165) is 11.7 Å². The van der Waals surface area contributed by atoms with Gasteiger partial charge in [-0.1, -0.05) is 19.8 Å². The van der Waals surface area contributed by atoms with Crippen LogP contribution in [0, 0.1) is 11.8 Å². The lowest BCUT2D eigenvalue weighted by atomic mass is 9.78. The zero-order valence-corrected chi connectivity index (χ0v) is 10.9. The van der Waals surface area contributed by atoms with Crippen molar-refractivity contribution in [3.05, 3.63) is 16.3 Å². The molecule has 0 bridgehead atoms. The Morgan fingerprint density at radius 3 is 2.94 bits per heavy atom. The molecule has 0 spiro atoms. The van der Waals surface area contributed by atoms with Crippen LogP contribution in [-0.4, -0.2) is 7.11 Å². The first-order chi connectivity index (χ1) is 7.70. The SMILES string of the molecule is COc1csc(C(N)C2CCCC(C)C2)c1. The number of methoxy groups -OCH3 is 1. The van der Waals surface area contributed by atoms with Crippen LogP contribution in [0.4, 0.5) is 0 Å². The second kappa shape index (κ2) is 5.19. The smallest absolute Gasteiger partial charge is 0.129 e. The van der Waals surface area contributed by atoms with E-state index in [9.17, 15) is 0 Å². The molecule has 16 heavy (non-hydrogen) atoms. The van der Waals surface area contributed by atoms with Crippen LogP contribution in [0.1, 0.15) is 43.5 Å². The van der Waals surface area contributed by atoms with Gasteiger partial charge in [-0.05, 0) is 30.7 Å². The number of thiophene rings is 1. The molecule has 1 aliphatic carbocycles. The average Bonchev–Trinajstić information content (AvgIpc) is 2.76. The molecule has 0 radical (unpaired) electrons. The van der Waals surface area contributed by atoms with Crippen LogP contribution in [-0.2, 0) is 0 Å². The Hall–Kier alpha value is -0.540. The van der Waals surface area contributed by atoms with Crippen molar-refractivity contribution in [2.24, 2.45) is 17.6 Å². The summed E-state index contributed by atoms with van der Waals surface area (Å²) in [6.07, 6.45) is 5.27. The lowest BCUT2D eigenvalue weighted by molar-refractivity contribution is 0.249. The molecule has 3 heteroatoms. The fourth-order valence-corrected chi connectivity index (χ4v) is 3.61. The Bertz CT molecular complexity index is 336. The summed E-state index contributed by atoms with van der Waals surface area (Å²) in [4.78, 5) is 1.27. The summed E-state index contributed by atoms with van der Waals surface area (Å²) in [5.74, 6) is 2.44. The highest BCUT2D eigenvalue weighted by atomic mass is 32.1. The molecule has 0 aliphatic heterocycles. The quantitative estimate of drug-likeness (QED) is 0.875. The van der Waals surface area contributed by atoms with Crippen molar-refractivity contribution in [3.63, 3.8) is 0 Å². The van der Waals surface area contributed by atoms with Gasteiger partial charge in [0.15, 0.2) is 0 Å². The van der Waals surface area contributed by atoms with Gasteiger partial charge in [-0.15, -0.1) is 11.3 Å². The minimum atomic E-state index is 0.205. The van der Waals surface area contributed by atoms with E-state index in [1.54, 1.807) is 18.4 Å². The molecule has 2 nitrogen and oxygen atoms in total. The zero-order chi connectivity index (χ0) is 11.5. The van der Waals surface area contributed by atoms with Crippen molar-refractivity contribution in [3.8, 4) is 5.75 Å². The molecule has 1 aliphatic rings. The molecule has 3 atom stereocenters. The van der Waals surface area contributed by atoms with E-state index in [0.29, 0.717) is 5.92 Å². The molecular formula is C13H21NOS. The molecule has 2 rings (SSSR count). The van der Waals surface area contributed by atoms with Crippen molar-refractivity contribution in [2.45, 2.75) is 38.6 Å². The number of hydrogen-bond donors (Lipinski definition) is 1. The maximum atomic E-state index is 6.35. The first-order valence-electron chi connectivity index (χ1n) is 6.08. The van der Waals surface area contributed by atoms with Gasteiger partial charge in [0, 0.05) is 16.3 Å². The first kappa shape index (κ1) is 11.9. The minimum Gasteiger partial charge on any atom is -0.496 e. The van der Waals surface area contributed by atoms with Gasteiger partial charge in [-0.25, -0.2) is 0 Å². The van der Waals surface area contributed by atoms with Crippen LogP contribution < -0.4 is 10.5 Å². The van der Waals surface area contributed by atoms with Crippen LogP contribution in [0.2, 0.25) is 0 Å². The molecule has 0 amide bonds. The van der Waals surface area contributed by atoms with Gasteiger partial charge in [0.1, 0.15) is 5.75 Å². The van der Waals surface area contributed by atoms with E-state index < -0.39 is 0 Å². The lowest BCUT2D eigenvalue weighted by Crippen LogP contribution is -2.25. The molecule has 90 valence electrons. The van der Waals surface area contributed by atoms with Gasteiger partial charge >= 0.3 is 0 Å². The first-order valence-corrected chi connectivity index (χ1v) is 6.96. The summed E-state index contributed by atoms with van der Waals surface area (Å²) >= 11 is 1.73. The minimum absolute atomic E-state index is 0.205. The van der Waals surface area contributed by atoms with Gasteiger partial charge in [0.05, 0.1) is 7.11 Å². The van der Waals surface area contributed by atoms with E-state index in [4.69, 9.17) is 10.5 Å². The van der Waals surface area contributed by atoms with E-state index >= 15 is 0 Å². The Morgan fingerprint density at radius 2 is 2.31 bits per heavy atom.